The van der Waals surface area contributed by atoms with Gasteiger partial charge < -0.3 is 20.4 Å². The van der Waals surface area contributed by atoms with Crippen LogP contribution in [0.3, 0.4) is 0 Å². The Kier molecular flexibility index (Phi) is 10.5. The number of pyridine rings is 1. The fourth-order valence-electron chi connectivity index (χ4n) is 2.82. The van der Waals surface area contributed by atoms with Gasteiger partial charge in [-0.05, 0) is 32.0 Å². The second-order valence-corrected chi connectivity index (χ2v) is 9.46. The van der Waals surface area contributed by atoms with E-state index in [2.05, 4.69) is 49.6 Å². The third kappa shape index (κ3) is 8.91. The number of piperazine rings is 1. The molecule has 0 aromatic carbocycles. The minimum atomic E-state index is -2.95. The molecule has 1 aliphatic heterocycles. The summed E-state index contributed by atoms with van der Waals surface area (Å²) >= 11 is 0. The van der Waals surface area contributed by atoms with Gasteiger partial charge in [-0.25, -0.2) is 13.4 Å². The van der Waals surface area contributed by atoms with Crippen LogP contribution in [0.15, 0.2) is 23.3 Å². The first-order valence-electron chi connectivity index (χ1n) is 9.30. The number of halogens is 1. The molecule has 160 valence electrons. The van der Waals surface area contributed by atoms with Crippen LogP contribution in [-0.4, -0.2) is 82.6 Å². The summed E-state index contributed by atoms with van der Waals surface area (Å²) in [5, 5.41) is 6.47. The van der Waals surface area contributed by atoms with E-state index in [1.54, 1.807) is 7.05 Å². The number of hydrogen-bond acceptors (Lipinski definition) is 6. The Hall–Kier alpha value is -1.14. The Morgan fingerprint density at radius 3 is 2.50 bits per heavy atom. The Bertz CT molecular complexity index is 718. The van der Waals surface area contributed by atoms with E-state index < -0.39 is 9.84 Å². The van der Waals surface area contributed by atoms with E-state index in [-0.39, 0.29) is 35.8 Å². The number of sulfone groups is 1. The molecule has 28 heavy (non-hydrogen) atoms. The summed E-state index contributed by atoms with van der Waals surface area (Å²) in [5.41, 5.74) is 1.07. The van der Waals surface area contributed by atoms with Crippen molar-refractivity contribution < 1.29 is 8.42 Å². The van der Waals surface area contributed by atoms with Crippen molar-refractivity contribution in [2.75, 3.05) is 57.2 Å². The number of rotatable bonds is 7. The molecule has 1 aliphatic rings. The number of nitrogens with zero attached hydrogens (tertiary/aromatic N) is 4. The van der Waals surface area contributed by atoms with Crippen molar-refractivity contribution in [1.82, 2.24) is 20.5 Å². The van der Waals surface area contributed by atoms with Gasteiger partial charge in [0.1, 0.15) is 15.7 Å². The molecule has 0 radical (unpaired) electrons. The molecule has 1 fully saturated rings. The van der Waals surface area contributed by atoms with E-state index in [0.717, 1.165) is 37.6 Å². The molecule has 0 spiro atoms. The summed E-state index contributed by atoms with van der Waals surface area (Å²) < 4.78 is 22.5. The minimum Gasteiger partial charge on any atom is -0.354 e. The number of anilines is 1. The van der Waals surface area contributed by atoms with Gasteiger partial charge in [-0.1, -0.05) is 6.07 Å². The Morgan fingerprint density at radius 2 is 1.96 bits per heavy atom. The van der Waals surface area contributed by atoms with Crippen LogP contribution < -0.4 is 15.5 Å². The van der Waals surface area contributed by atoms with Crippen LogP contribution >= 0.6 is 24.0 Å². The van der Waals surface area contributed by atoms with Crippen LogP contribution in [0.1, 0.15) is 18.9 Å². The standard InChI is InChI=1S/C18H32N6O2S.HI/c1-15(7-12-27(4,25)26)22-18(19-2)21-14-16-5-6-17(20-13-16)24-10-8-23(3)9-11-24;/h5-6,13,15H,7-12,14H2,1-4H3,(H2,19,21,22);1H. The highest BCUT2D eigenvalue weighted by molar-refractivity contribution is 14.0. The summed E-state index contributed by atoms with van der Waals surface area (Å²) in [7, 11) is 0.894. The molecule has 1 unspecified atom stereocenters. The van der Waals surface area contributed by atoms with Crippen molar-refractivity contribution in [3.63, 3.8) is 0 Å². The smallest absolute Gasteiger partial charge is 0.191 e. The van der Waals surface area contributed by atoms with Gasteiger partial charge in [-0.3, -0.25) is 4.99 Å². The van der Waals surface area contributed by atoms with Crippen molar-refractivity contribution in [3.05, 3.63) is 23.9 Å². The topological polar surface area (TPSA) is 89.9 Å². The number of aliphatic imine (C=N–C) groups is 1. The van der Waals surface area contributed by atoms with Crippen molar-refractivity contribution in [2.24, 2.45) is 4.99 Å². The van der Waals surface area contributed by atoms with Gasteiger partial charge in [0.15, 0.2) is 5.96 Å². The SMILES string of the molecule is CN=C(NCc1ccc(N2CCN(C)CC2)nc1)NC(C)CCS(C)(=O)=O.I. The zero-order valence-electron chi connectivity index (χ0n) is 17.2. The van der Waals surface area contributed by atoms with E-state index in [9.17, 15) is 8.42 Å². The Morgan fingerprint density at radius 1 is 1.29 bits per heavy atom. The largest absolute Gasteiger partial charge is 0.354 e. The van der Waals surface area contributed by atoms with Gasteiger partial charge >= 0.3 is 0 Å². The van der Waals surface area contributed by atoms with Crippen molar-refractivity contribution in [2.45, 2.75) is 25.9 Å². The third-order valence-electron chi connectivity index (χ3n) is 4.62. The Labute approximate surface area is 186 Å². The van der Waals surface area contributed by atoms with Gasteiger partial charge in [0, 0.05) is 58.3 Å². The van der Waals surface area contributed by atoms with Crippen LogP contribution in [-0.2, 0) is 16.4 Å². The first-order valence-corrected chi connectivity index (χ1v) is 11.4. The molecule has 1 aromatic heterocycles. The summed E-state index contributed by atoms with van der Waals surface area (Å²) in [6, 6.07) is 4.16. The van der Waals surface area contributed by atoms with Gasteiger partial charge in [0.25, 0.3) is 0 Å². The fraction of sp³-hybridized carbons (Fsp3) is 0.667. The quantitative estimate of drug-likeness (QED) is 0.312. The van der Waals surface area contributed by atoms with Crippen LogP contribution in [0.4, 0.5) is 5.82 Å². The summed E-state index contributed by atoms with van der Waals surface area (Å²) in [6.45, 7) is 6.68. The lowest BCUT2D eigenvalue weighted by atomic mass is 10.2. The molecular formula is C18H33IN6O2S. The zero-order valence-corrected chi connectivity index (χ0v) is 20.3. The normalized spacial score (nSPS) is 17.0. The van der Waals surface area contributed by atoms with E-state index in [1.165, 1.54) is 6.26 Å². The molecule has 2 rings (SSSR count). The lowest BCUT2D eigenvalue weighted by molar-refractivity contribution is 0.312. The van der Waals surface area contributed by atoms with Gasteiger partial charge in [0.2, 0.25) is 0 Å². The second-order valence-electron chi connectivity index (χ2n) is 7.20. The molecule has 0 aliphatic carbocycles. The third-order valence-corrected chi connectivity index (χ3v) is 5.60. The average molecular weight is 524 g/mol. The predicted octanol–water partition coefficient (Wildman–Crippen LogP) is 0.940. The molecule has 8 nitrogen and oxygen atoms in total. The molecule has 1 aromatic rings. The monoisotopic (exact) mass is 524 g/mol. The van der Waals surface area contributed by atoms with E-state index in [0.29, 0.717) is 18.9 Å². The number of aromatic nitrogens is 1. The van der Waals surface area contributed by atoms with Crippen LogP contribution in [0.2, 0.25) is 0 Å². The van der Waals surface area contributed by atoms with Gasteiger partial charge in [-0.15, -0.1) is 24.0 Å². The number of guanidine groups is 1. The first-order chi connectivity index (χ1) is 12.8. The highest BCUT2D eigenvalue weighted by Crippen LogP contribution is 2.13. The molecule has 0 bridgehead atoms. The Balaban J connectivity index is 0.00000392. The summed E-state index contributed by atoms with van der Waals surface area (Å²) in [6.07, 6.45) is 3.69. The van der Waals surface area contributed by atoms with Crippen molar-refractivity contribution >= 4 is 45.6 Å². The molecule has 0 amide bonds. The first kappa shape index (κ1) is 24.9. The van der Waals surface area contributed by atoms with Crippen LogP contribution in [0.5, 0.6) is 0 Å². The molecule has 1 atom stereocenters. The van der Waals surface area contributed by atoms with Crippen molar-refractivity contribution in [3.8, 4) is 0 Å². The summed E-state index contributed by atoms with van der Waals surface area (Å²) in [5.74, 6) is 1.83. The molecule has 10 heteroatoms. The molecule has 2 N–H and O–H groups in total. The number of hydrogen-bond donors (Lipinski definition) is 2. The average Bonchev–Trinajstić information content (AvgIpc) is 2.64. The van der Waals surface area contributed by atoms with Gasteiger partial charge in [0.05, 0.1) is 5.75 Å². The van der Waals surface area contributed by atoms with Gasteiger partial charge in [-0.2, -0.15) is 0 Å². The summed E-state index contributed by atoms with van der Waals surface area (Å²) in [4.78, 5) is 13.4. The van der Waals surface area contributed by atoms with E-state index >= 15 is 0 Å². The molecule has 2 heterocycles. The van der Waals surface area contributed by atoms with Crippen LogP contribution in [0, 0.1) is 0 Å². The zero-order chi connectivity index (χ0) is 19.9. The highest BCUT2D eigenvalue weighted by atomic mass is 127. The van der Waals surface area contributed by atoms with Crippen molar-refractivity contribution in [1.29, 1.82) is 0 Å². The maximum atomic E-state index is 11.3. The lowest BCUT2D eigenvalue weighted by Gasteiger charge is -2.33. The fourth-order valence-corrected chi connectivity index (χ4v) is 3.60. The van der Waals surface area contributed by atoms with E-state index in [1.807, 2.05) is 13.1 Å². The number of likely N-dealkylation sites (N-methyl/N-ethyl adjacent to an activating group) is 1. The molecule has 1 saturated heterocycles. The maximum Gasteiger partial charge on any atom is 0.191 e. The molecular weight excluding hydrogens is 491 g/mol. The maximum absolute atomic E-state index is 11.3. The van der Waals surface area contributed by atoms with E-state index in [4.69, 9.17) is 0 Å². The van der Waals surface area contributed by atoms with Crippen LogP contribution in [0.25, 0.3) is 0 Å². The predicted molar refractivity (Wildman–Crippen MR) is 126 cm³/mol. The minimum absolute atomic E-state index is 0. The highest BCUT2D eigenvalue weighted by Gasteiger charge is 2.15. The second kappa shape index (κ2) is 11.8. The number of nitrogens with one attached hydrogen (secondary N) is 2. The lowest BCUT2D eigenvalue weighted by Crippen LogP contribution is -2.44. The molecule has 0 saturated carbocycles.